The fraction of sp³-hybridized carbons (Fsp3) is 0.438. The Morgan fingerprint density at radius 1 is 1.22 bits per heavy atom. The van der Waals surface area contributed by atoms with Gasteiger partial charge >= 0.3 is 0 Å². The zero-order valence-electron chi connectivity index (χ0n) is 11.5. The highest BCUT2D eigenvalue weighted by molar-refractivity contribution is 5.79. The summed E-state index contributed by atoms with van der Waals surface area (Å²) in [6, 6.07) is 8.73. The molecule has 1 aromatic heterocycles. The number of nitrogens with two attached hydrogens (primary N) is 1. The minimum atomic E-state index is 0.222. The number of pyridine rings is 1. The van der Waals surface area contributed by atoms with E-state index in [1.54, 1.807) is 0 Å². The second-order valence-corrected chi connectivity index (χ2v) is 5.91. The van der Waals surface area contributed by atoms with Gasteiger partial charge in [0.25, 0.3) is 0 Å². The first-order valence-corrected chi connectivity index (χ1v) is 6.55. The molecule has 0 bridgehead atoms. The molecule has 1 heterocycles. The van der Waals surface area contributed by atoms with Gasteiger partial charge in [-0.05, 0) is 61.1 Å². The average molecular weight is 242 g/mol. The van der Waals surface area contributed by atoms with Crippen LogP contribution in [0.2, 0.25) is 0 Å². The number of nitrogens with zero attached hydrogens (tertiary/aromatic N) is 1. The molecule has 0 aliphatic heterocycles. The first kappa shape index (κ1) is 13.0. The highest BCUT2D eigenvalue weighted by Crippen LogP contribution is 2.23. The topological polar surface area (TPSA) is 38.9 Å². The van der Waals surface area contributed by atoms with Crippen LogP contribution in [0.5, 0.6) is 0 Å². The summed E-state index contributed by atoms with van der Waals surface area (Å²) in [6.07, 6.45) is 4.11. The van der Waals surface area contributed by atoms with Crippen molar-refractivity contribution in [3.05, 3.63) is 41.6 Å². The van der Waals surface area contributed by atoms with Crippen LogP contribution in [0, 0.1) is 12.3 Å². The van der Waals surface area contributed by atoms with Crippen LogP contribution in [-0.2, 0) is 6.42 Å². The van der Waals surface area contributed by atoms with E-state index in [9.17, 15) is 0 Å². The van der Waals surface area contributed by atoms with E-state index >= 15 is 0 Å². The normalized spacial score (nSPS) is 12.0. The molecule has 2 heteroatoms. The number of hydrogen-bond acceptors (Lipinski definition) is 2. The number of aromatic nitrogens is 1. The lowest BCUT2D eigenvalue weighted by Gasteiger charge is -2.22. The van der Waals surface area contributed by atoms with Crippen molar-refractivity contribution in [2.45, 2.75) is 33.6 Å². The predicted molar refractivity (Wildman–Crippen MR) is 77.6 cm³/mol. The molecular formula is C16H22N2. The molecule has 2 nitrogen and oxygen atoms in total. The smallest absolute Gasteiger partial charge is 0.0702 e. The van der Waals surface area contributed by atoms with Crippen LogP contribution in [0.1, 0.15) is 31.4 Å². The van der Waals surface area contributed by atoms with Crippen LogP contribution in [0.25, 0.3) is 10.9 Å². The third-order valence-electron chi connectivity index (χ3n) is 3.53. The summed E-state index contributed by atoms with van der Waals surface area (Å²) in [4.78, 5) is 4.43. The van der Waals surface area contributed by atoms with E-state index in [1.807, 2.05) is 6.20 Å². The van der Waals surface area contributed by atoms with Crippen molar-refractivity contribution in [2.24, 2.45) is 11.1 Å². The Bertz CT molecular complexity index is 544. The number of aryl methyl sites for hydroxylation is 2. The van der Waals surface area contributed by atoms with Crippen LogP contribution in [-0.4, -0.2) is 11.5 Å². The van der Waals surface area contributed by atoms with Gasteiger partial charge in [-0.25, -0.2) is 0 Å². The molecule has 0 aliphatic carbocycles. The van der Waals surface area contributed by atoms with Gasteiger partial charge in [-0.1, -0.05) is 19.9 Å². The van der Waals surface area contributed by atoms with E-state index in [2.05, 4.69) is 50.0 Å². The van der Waals surface area contributed by atoms with E-state index in [-0.39, 0.29) is 5.41 Å². The molecule has 0 saturated heterocycles. The maximum atomic E-state index is 5.77. The molecule has 0 atom stereocenters. The lowest BCUT2D eigenvalue weighted by atomic mass is 9.86. The summed E-state index contributed by atoms with van der Waals surface area (Å²) >= 11 is 0. The summed E-state index contributed by atoms with van der Waals surface area (Å²) in [5.74, 6) is 0. The van der Waals surface area contributed by atoms with Gasteiger partial charge in [-0.3, -0.25) is 4.98 Å². The monoisotopic (exact) mass is 242 g/mol. The van der Waals surface area contributed by atoms with Gasteiger partial charge in [-0.15, -0.1) is 0 Å². The molecule has 96 valence electrons. The summed E-state index contributed by atoms with van der Waals surface area (Å²) in [7, 11) is 0. The van der Waals surface area contributed by atoms with Crippen LogP contribution < -0.4 is 5.73 Å². The number of hydrogen-bond donors (Lipinski definition) is 1. The Morgan fingerprint density at radius 2 is 2.00 bits per heavy atom. The molecule has 2 aromatic rings. The highest BCUT2D eigenvalue weighted by atomic mass is 14.6. The van der Waals surface area contributed by atoms with Gasteiger partial charge in [0.05, 0.1) is 5.52 Å². The third kappa shape index (κ3) is 3.08. The van der Waals surface area contributed by atoms with Crippen molar-refractivity contribution in [3.8, 4) is 0 Å². The van der Waals surface area contributed by atoms with Gasteiger partial charge < -0.3 is 5.73 Å². The molecule has 18 heavy (non-hydrogen) atoms. The predicted octanol–water partition coefficient (Wildman–Crippen LogP) is 3.46. The summed E-state index contributed by atoms with van der Waals surface area (Å²) in [5, 5.41) is 1.23. The van der Waals surface area contributed by atoms with Crippen molar-refractivity contribution in [3.63, 3.8) is 0 Å². The minimum absolute atomic E-state index is 0.222. The fourth-order valence-electron chi connectivity index (χ4n) is 2.03. The Morgan fingerprint density at radius 3 is 2.72 bits per heavy atom. The summed E-state index contributed by atoms with van der Waals surface area (Å²) in [5.41, 5.74) is 9.65. The standard InChI is InChI=1S/C16H22N2/c1-12-8-14-9-13(4-5-15(14)18-10-12)6-7-16(2,3)11-17/h4-5,8-10H,6-7,11,17H2,1-3H3. The second-order valence-electron chi connectivity index (χ2n) is 5.91. The Labute approximate surface area is 109 Å². The lowest BCUT2D eigenvalue weighted by molar-refractivity contribution is 0.348. The first-order chi connectivity index (χ1) is 8.50. The van der Waals surface area contributed by atoms with Crippen LogP contribution in [0.15, 0.2) is 30.5 Å². The number of rotatable bonds is 4. The largest absolute Gasteiger partial charge is 0.330 e. The zero-order valence-corrected chi connectivity index (χ0v) is 11.5. The van der Waals surface area contributed by atoms with Crippen LogP contribution in [0.4, 0.5) is 0 Å². The molecule has 1 aromatic carbocycles. The van der Waals surface area contributed by atoms with E-state index in [1.165, 1.54) is 16.5 Å². The van der Waals surface area contributed by atoms with Gasteiger partial charge in [0.2, 0.25) is 0 Å². The molecular weight excluding hydrogens is 220 g/mol. The van der Waals surface area contributed by atoms with E-state index in [0.29, 0.717) is 0 Å². The first-order valence-electron chi connectivity index (χ1n) is 6.55. The minimum Gasteiger partial charge on any atom is -0.330 e. The van der Waals surface area contributed by atoms with Crippen molar-refractivity contribution < 1.29 is 0 Å². The summed E-state index contributed by atoms with van der Waals surface area (Å²) in [6.45, 7) is 7.26. The van der Waals surface area contributed by atoms with E-state index < -0.39 is 0 Å². The highest BCUT2D eigenvalue weighted by Gasteiger charge is 2.15. The molecule has 0 aliphatic rings. The molecule has 0 saturated carbocycles. The van der Waals surface area contributed by atoms with Gasteiger partial charge in [-0.2, -0.15) is 0 Å². The van der Waals surface area contributed by atoms with E-state index in [4.69, 9.17) is 5.73 Å². The van der Waals surface area contributed by atoms with Crippen molar-refractivity contribution in [1.29, 1.82) is 0 Å². The molecule has 0 spiro atoms. The molecule has 0 unspecified atom stereocenters. The lowest BCUT2D eigenvalue weighted by Crippen LogP contribution is -2.24. The average Bonchev–Trinajstić information content (AvgIpc) is 2.36. The molecule has 2 rings (SSSR count). The summed E-state index contributed by atoms with van der Waals surface area (Å²) < 4.78 is 0. The molecule has 0 radical (unpaired) electrons. The van der Waals surface area contributed by atoms with E-state index in [0.717, 1.165) is 24.9 Å². The van der Waals surface area contributed by atoms with Gasteiger partial charge in [0, 0.05) is 11.6 Å². The van der Waals surface area contributed by atoms with Crippen LogP contribution in [0.3, 0.4) is 0 Å². The molecule has 0 amide bonds. The van der Waals surface area contributed by atoms with Crippen molar-refractivity contribution in [1.82, 2.24) is 4.98 Å². The number of benzene rings is 1. The zero-order chi connectivity index (χ0) is 13.2. The van der Waals surface area contributed by atoms with Gasteiger partial charge in [0.1, 0.15) is 0 Å². The second kappa shape index (κ2) is 5.07. The van der Waals surface area contributed by atoms with Crippen molar-refractivity contribution in [2.75, 3.05) is 6.54 Å². The SMILES string of the molecule is Cc1cnc2ccc(CCC(C)(C)CN)cc2c1. The number of fused-ring (bicyclic) bond motifs is 1. The third-order valence-corrected chi connectivity index (χ3v) is 3.53. The molecule has 2 N–H and O–H groups in total. The quantitative estimate of drug-likeness (QED) is 0.891. The fourth-order valence-corrected chi connectivity index (χ4v) is 2.03. The molecule has 0 fully saturated rings. The Balaban J connectivity index is 2.19. The van der Waals surface area contributed by atoms with Crippen molar-refractivity contribution >= 4 is 10.9 Å². The van der Waals surface area contributed by atoms with Crippen LogP contribution >= 0.6 is 0 Å². The maximum absolute atomic E-state index is 5.77. The van der Waals surface area contributed by atoms with Gasteiger partial charge in [0.15, 0.2) is 0 Å². The Kier molecular flexibility index (Phi) is 3.67. The maximum Gasteiger partial charge on any atom is 0.0702 e. The Hall–Kier alpha value is -1.41.